The third-order valence-electron chi connectivity index (χ3n) is 4.45. The van der Waals surface area contributed by atoms with Gasteiger partial charge in [0, 0.05) is 54.9 Å². The lowest BCUT2D eigenvalue weighted by Gasteiger charge is -2.10. The molecule has 27 heavy (non-hydrogen) atoms. The summed E-state index contributed by atoms with van der Waals surface area (Å²) in [6.07, 6.45) is 8.02. The summed E-state index contributed by atoms with van der Waals surface area (Å²) in [5.74, 6) is 0. The molecule has 0 bridgehead atoms. The average molecular weight is 351 g/mol. The summed E-state index contributed by atoms with van der Waals surface area (Å²) in [4.78, 5) is 13.4. The fraction of sp³-hybridized carbons (Fsp3) is 0.125. The van der Waals surface area contributed by atoms with Crippen LogP contribution in [0.5, 0.6) is 0 Å². The summed E-state index contributed by atoms with van der Waals surface area (Å²) in [6.45, 7) is 0. The van der Waals surface area contributed by atoms with Crippen LogP contribution in [0.1, 0.15) is 33.8 Å². The Bertz CT molecular complexity index is 839. The van der Waals surface area contributed by atoms with E-state index in [1.54, 1.807) is 0 Å². The van der Waals surface area contributed by atoms with Crippen molar-refractivity contribution in [1.29, 1.82) is 0 Å². The number of aromatic nitrogens is 3. The first-order chi connectivity index (χ1) is 13.3. The monoisotopic (exact) mass is 351 g/mol. The molecule has 0 saturated heterocycles. The zero-order valence-electron chi connectivity index (χ0n) is 15.1. The minimum atomic E-state index is 0.826. The van der Waals surface area contributed by atoms with Crippen molar-refractivity contribution < 1.29 is 0 Å². The summed E-state index contributed by atoms with van der Waals surface area (Å²) in [5, 5.41) is 0. The van der Waals surface area contributed by atoms with Crippen LogP contribution in [0.15, 0.2) is 91.4 Å². The Morgan fingerprint density at radius 1 is 0.444 bits per heavy atom. The molecule has 0 amide bonds. The highest BCUT2D eigenvalue weighted by molar-refractivity contribution is 5.36. The number of rotatable bonds is 6. The normalized spacial score (nSPS) is 10.7. The predicted octanol–water partition coefficient (Wildman–Crippen LogP) is 4.64. The standard InChI is InChI=1S/C24H21N3/c1-4-10-25-22(7-1)16-19-13-20(17-23-8-2-5-11-26-23)15-21(14-19)18-24-9-3-6-12-27-24/h1-15H,16-18H2. The van der Waals surface area contributed by atoms with E-state index >= 15 is 0 Å². The highest BCUT2D eigenvalue weighted by atomic mass is 14.7. The smallest absolute Gasteiger partial charge is 0.0447 e. The molecule has 132 valence electrons. The molecule has 0 atom stereocenters. The molecule has 0 radical (unpaired) electrons. The molecule has 4 aromatic rings. The van der Waals surface area contributed by atoms with Gasteiger partial charge in [-0.3, -0.25) is 15.0 Å². The molecule has 3 heterocycles. The molecule has 0 aliphatic carbocycles. The maximum Gasteiger partial charge on any atom is 0.0447 e. The molecule has 1 aromatic carbocycles. The van der Waals surface area contributed by atoms with Crippen LogP contribution in [0.2, 0.25) is 0 Å². The third-order valence-corrected chi connectivity index (χ3v) is 4.45. The van der Waals surface area contributed by atoms with Crippen LogP contribution in [0.3, 0.4) is 0 Å². The topological polar surface area (TPSA) is 38.7 Å². The highest BCUT2D eigenvalue weighted by Crippen LogP contribution is 2.18. The van der Waals surface area contributed by atoms with E-state index < -0.39 is 0 Å². The van der Waals surface area contributed by atoms with E-state index in [0.717, 1.165) is 36.3 Å². The molecular formula is C24H21N3. The first kappa shape index (κ1) is 17.1. The van der Waals surface area contributed by atoms with E-state index in [-0.39, 0.29) is 0 Å². The fourth-order valence-corrected chi connectivity index (χ4v) is 3.28. The molecule has 0 N–H and O–H groups in total. The van der Waals surface area contributed by atoms with Crippen molar-refractivity contribution in [2.45, 2.75) is 19.3 Å². The molecule has 4 rings (SSSR count). The SMILES string of the molecule is c1ccc(Cc2cc(Cc3ccccn3)cc(Cc3ccccn3)c2)nc1. The van der Waals surface area contributed by atoms with Crippen molar-refractivity contribution in [3.63, 3.8) is 0 Å². The van der Waals surface area contributed by atoms with Gasteiger partial charge in [-0.2, -0.15) is 0 Å². The number of pyridine rings is 3. The number of benzene rings is 1. The lowest BCUT2D eigenvalue weighted by Crippen LogP contribution is -1.99. The van der Waals surface area contributed by atoms with E-state index in [4.69, 9.17) is 0 Å². The van der Waals surface area contributed by atoms with Gasteiger partial charge in [0.05, 0.1) is 0 Å². The van der Waals surface area contributed by atoms with E-state index in [0.29, 0.717) is 0 Å². The third kappa shape index (κ3) is 4.85. The van der Waals surface area contributed by atoms with Gasteiger partial charge in [-0.25, -0.2) is 0 Å². The van der Waals surface area contributed by atoms with Crippen molar-refractivity contribution in [1.82, 2.24) is 15.0 Å². The van der Waals surface area contributed by atoms with Gasteiger partial charge in [0.2, 0.25) is 0 Å². The average Bonchev–Trinajstić information content (AvgIpc) is 2.70. The predicted molar refractivity (Wildman–Crippen MR) is 108 cm³/mol. The van der Waals surface area contributed by atoms with E-state index in [9.17, 15) is 0 Å². The van der Waals surface area contributed by atoms with Gasteiger partial charge >= 0.3 is 0 Å². The van der Waals surface area contributed by atoms with Gasteiger partial charge in [0.1, 0.15) is 0 Å². The second-order valence-electron chi connectivity index (χ2n) is 6.65. The van der Waals surface area contributed by atoms with Crippen molar-refractivity contribution in [3.05, 3.63) is 125 Å². The molecular weight excluding hydrogens is 330 g/mol. The lowest BCUT2D eigenvalue weighted by molar-refractivity contribution is 1.01. The Morgan fingerprint density at radius 2 is 0.778 bits per heavy atom. The zero-order valence-corrected chi connectivity index (χ0v) is 15.1. The number of hydrogen-bond acceptors (Lipinski definition) is 3. The first-order valence-corrected chi connectivity index (χ1v) is 9.16. The van der Waals surface area contributed by atoms with E-state index in [1.807, 2.05) is 55.0 Å². The Morgan fingerprint density at radius 3 is 1.04 bits per heavy atom. The molecule has 0 unspecified atom stereocenters. The minimum Gasteiger partial charge on any atom is -0.261 e. The van der Waals surface area contributed by atoms with Gasteiger partial charge < -0.3 is 0 Å². The quantitative estimate of drug-likeness (QED) is 0.508. The van der Waals surface area contributed by atoms with Crippen LogP contribution >= 0.6 is 0 Å². The van der Waals surface area contributed by atoms with E-state index in [1.165, 1.54) is 16.7 Å². The second kappa shape index (κ2) is 8.37. The summed E-state index contributed by atoms with van der Waals surface area (Å²) in [5.41, 5.74) is 7.05. The molecule has 0 saturated carbocycles. The minimum absolute atomic E-state index is 0.826. The van der Waals surface area contributed by atoms with Crippen LogP contribution < -0.4 is 0 Å². The molecule has 3 aromatic heterocycles. The summed E-state index contributed by atoms with van der Waals surface area (Å²) < 4.78 is 0. The van der Waals surface area contributed by atoms with Crippen LogP contribution in [0, 0.1) is 0 Å². The van der Waals surface area contributed by atoms with Crippen molar-refractivity contribution >= 4 is 0 Å². The Labute approximate surface area is 159 Å². The molecule has 0 fully saturated rings. The number of nitrogens with zero attached hydrogens (tertiary/aromatic N) is 3. The van der Waals surface area contributed by atoms with Gasteiger partial charge in [-0.05, 0) is 53.1 Å². The van der Waals surface area contributed by atoms with E-state index in [2.05, 4.69) is 51.4 Å². The van der Waals surface area contributed by atoms with Crippen LogP contribution in [0.4, 0.5) is 0 Å². The van der Waals surface area contributed by atoms with Gasteiger partial charge in [-0.1, -0.05) is 36.4 Å². The Balaban J connectivity index is 1.64. The number of hydrogen-bond donors (Lipinski definition) is 0. The maximum absolute atomic E-state index is 4.48. The Kier molecular flexibility index (Phi) is 5.30. The largest absolute Gasteiger partial charge is 0.261 e. The van der Waals surface area contributed by atoms with Crippen molar-refractivity contribution in [2.75, 3.05) is 0 Å². The van der Waals surface area contributed by atoms with Crippen LogP contribution in [0.25, 0.3) is 0 Å². The molecule has 3 heteroatoms. The summed E-state index contributed by atoms with van der Waals surface area (Å²) in [6, 6.07) is 25.0. The molecule has 3 nitrogen and oxygen atoms in total. The van der Waals surface area contributed by atoms with Crippen molar-refractivity contribution in [2.24, 2.45) is 0 Å². The molecule has 0 aliphatic heterocycles. The first-order valence-electron chi connectivity index (χ1n) is 9.16. The van der Waals surface area contributed by atoms with Crippen LogP contribution in [-0.2, 0) is 19.3 Å². The summed E-state index contributed by atoms with van der Waals surface area (Å²) in [7, 11) is 0. The van der Waals surface area contributed by atoms with Gasteiger partial charge in [0.15, 0.2) is 0 Å². The lowest BCUT2D eigenvalue weighted by atomic mass is 9.97. The summed E-state index contributed by atoms with van der Waals surface area (Å²) >= 11 is 0. The fourth-order valence-electron chi connectivity index (χ4n) is 3.28. The molecule has 0 aliphatic rings. The molecule has 0 spiro atoms. The van der Waals surface area contributed by atoms with Crippen LogP contribution in [-0.4, -0.2) is 15.0 Å². The van der Waals surface area contributed by atoms with Gasteiger partial charge in [0.25, 0.3) is 0 Å². The second-order valence-corrected chi connectivity index (χ2v) is 6.65. The highest BCUT2D eigenvalue weighted by Gasteiger charge is 2.06. The van der Waals surface area contributed by atoms with Crippen molar-refractivity contribution in [3.8, 4) is 0 Å². The van der Waals surface area contributed by atoms with Gasteiger partial charge in [-0.15, -0.1) is 0 Å². The zero-order chi connectivity index (χ0) is 18.3. The Hall–Kier alpha value is -3.33. The maximum atomic E-state index is 4.48.